The highest BCUT2D eigenvalue weighted by atomic mass is 35.5. The SMILES string of the molecule is CCOc1cc(/C=N/NC(=O)C(NC(=O)c2ccc(F)cc2)C(C)C)ccc1OCc1ccccc1Cl. The molecule has 2 amide bonds. The largest absolute Gasteiger partial charge is 0.490 e. The number of hydrogen-bond acceptors (Lipinski definition) is 5. The Morgan fingerprint density at radius 3 is 2.43 bits per heavy atom. The Bertz CT molecular complexity index is 1250. The third-order valence-electron chi connectivity index (χ3n) is 5.34. The normalized spacial score (nSPS) is 11.8. The van der Waals surface area contributed by atoms with Crippen LogP contribution in [-0.2, 0) is 11.4 Å². The van der Waals surface area contributed by atoms with Gasteiger partial charge in [0.25, 0.3) is 11.8 Å². The van der Waals surface area contributed by atoms with Crippen LogP contribution in [0.2, 0.25) is 5.02 Å². The first-order valence-electron chi connectivity index (χ1n) is 11.8. The summed E-state index contributed by atoms with van der Waals surface area (Å²) in [5, 5.41) is 7.32. The molecule has 194 valence electrons. The van der Waals surface area contributed by atoms with Crippen LogP contribution in [0.5, 0.6) is 11.5 Å². The zero-order valence-corrected chi connectivity index (χ0v) is 21.6. The monoisotopic (exact) mass is 525 g/mol. The van der Waals surface area contributed by atoms with E-state index in [1.54, 1.807) is 38.1 Å². The first-order chi connectivity index (χ1) is 17.8. The minimum atomic E-state index is -0.839. The van der Waals surface area contributed by atoms with Crippen molar-refractivity contribution in [2.75, 3.05) is 6.61 Å². The molecule has 3 aromatic carbocycles. The van der Waals surface area contributed by atoms with Crippen molar-refractivity contribution >= 4 is 29.6 Å². The van der Waals surface area contributed by atoms with Crippen molar-refractivity contribution in [2.45, 2.75) is 33.4 Å². The molecule has 0 saturated carbocycles. The molecule has 1 unspecified atom stereocenters. The smallest absolute Gasteiger partial charge is 0.262 e. The number of hydrogen-bond donors (Lipinski definition) is 2. The van der Waals surface area contributed by atoms with Gasteiger partial charge in [-0.25, -0.2) is 9.82 Å². The van der Waals surface area contributed by atoms with Crippen molar-refractivity contribution in [2.24, 2.45) is 11.0 Å². The summed E-state index contributed by atoms with van der Waals surface area (Å²) >= 11 is 6.21. The van der Waals surface area contributed by atoms with Crippen LogP contribution in [0.4, 0.5) is 4.39 Å². The molecule has 0 saturated heterocycles. The van der Waals surface area contributed by atoms with Crippen LogP contribution < -0.4 is 20.2 Å². The average Bonchev–Trinajstić information content (AvgIpc) is 2.88. The number of benzene rings is 3. The number of halogens is 2. The van der Waals surface area contributed by atoms with Crippen LogP contribution in [0.3, 0.4) is 0 Å². The molecule has 3 rings (SSSR count). The summed E-state index contributed by atoms with van der Waals surface area (Å²) in [6, 6.07) is 17.0. The van der Waals surface area contributed by atoms with Crippen LogP contribution in [0.1, 0.15) is 42.3 Å². The standard InChI is InChI=1S/C28H29ClFN3O4/c1-4-36-25-15-19(9-14-24(25)37-17-21-7-5-6-8-23(21)29)16-31-33-28(35)26(18(2)3)32-27(34)20-10-12-22(30)13-11-20/h5-16,18,26H,4,17H2,1-3H3,(H,32,34)(H,33,35)/b31-16+. The van der Waals surface area contributed by atoms with Crippen LogP contribution in [0.25, 0.3) is 0 Å². The molecule has 2 N–H and O–H groups in total. The molecule has 37 heavy (non-hydrogen) atoms. The molecule has 0 aliphatic carbocycles. The Hall–Kier alpha value is -3.91. The van der Waals surface area contributed by atoms with Gasteiger partial charge in [0.15, 0.2) is 11.5 Å². The molecule has 0 aliphatic rings. The fourth-order valence-electron chi connectivity index (χ4n) is 3.36. The molecule has 3 aromatic rings. The summed E-state index contributed by atoms with van der Waals surface area (Å²) in [6.45, 7) is 6.18. The van der Waals surface area contributed by atoms with Crippen LogP contribution in [0.15, 0.2) is 71.8 Å². The lowest BCUT2D eigenvalue weighted by molar-refractivity contribution is -0.123. The maximum atomic E-state index is 13.1. The van der Waals surface area contributed by atoms with E-state index in [4.69, 9.17) is 21.1 Å². The topological polar surface area (TPSA) is 89.0 Å². The summed E-state index contributed by atoms with van der Waals surface area (Å²) in [6.07, 6.45) is 1.47. The predicted molar refractivity (Wildman–Crippen MR) is 142 cm³/mol. The number of carbonyl (C=O) groups excluding carboxylic acids is 2. The van der Waals surface area contributed by atoms with Gasteiger partial charge in [0.1, 0.15) is 18.5 Å². The Morgan fingerprint density at radius 2 is 1.76 bits per heavy atom. The molecule has 0 fully saturated rings. The second-order valence-electron chi connectivity index (χ2n) is 8.46. The van der Waals surface area contributed by atoms with Crippen molar-refractivity contribution in [3.05, 3.63) is 94.3 Å². The van der Waals surface area contributed by atoms with E-state index in [0.29, 0.717) is 28.7 Å². The molecular weight excluding hydrogens is 497 g/mol. The van der Waals surface area contributed by atoms with E-state index in [9.17, 15) is 14.0 Å². The van der Waals surface area contributed by atoms with Crippen molar-refractivity contribution < 1.29 is 23.5 Å². The lowest BCUT2D eigenvalue weighted by atomic mass is 10.0. The molecule has 9 heteroatoms. The van der Waals surface area contributed by atoms with Gasteiger partial charge in [-0.1, -0.05) is 43.6 Å². The number of ether oxygens (including phenoxy) is 2. The Labute approximate surface area is 220 Å². The summed E-state index contributed by atoms with van der Waals surface area (Å²) in [5.74, 6) is -0.545. The van der Waals surface area contributed by atoms with Crippen molar-refractivity contribution in [3.63, 3.8) is 0 Å². The highest BCUT2D eigenvalue weighted by Crippen LogP contribution is 2.29. The molecule has 0 aromatic heterocycles. The summed E-state index contributed by atoms with van der Waals surface area (Å²) in [4.78, 5) is 25.2. The van der Waals surface area contributed by atoms with E-state index in [2.05, 4.69) is 15.8 Å². The lowest BCUT2D eigenvalue weighted by Gasteiger charge is -2.20. The molecule has 0 spiro atoms. The second-order valence-corrected chi connectivity index (χ2v) is 8.86. The maximum absolute atomic E-state index is 13.1. The molecule has 0 heterocycles. The molecule has 0 radical (unpaired) electrons. The molecule has 1 atom stereocenters. The van der Waals surface area contributed by atoms with Gasteiger partial charge in [-0.2, -0.15) is 5.10 Å². The van der Waals surface area contributed by atoms with E-state index in [1.807, 2.05) is 25.1 Å². The Morgan fingerprint density at radius 1 is 1.03 bits per heavy atom. The fraction of sp³-hybridized carbons (Fsp3) is 0.250. The summed E-state index contributed by atoms with van der Waals surface area (Å²) < 4.78 is 24.7. The molecular formula is C28H29ClFN3O4. The van der Waals surface area contributed by atoms with Crippen LogP contribution in [0, 0.1) is 11.7 Å². The van der Waals surface area contributed by atoms with Crippen molar-refractivity contribution in [1.29, 1.82) is 0 Å². The van der Waals surface area contributed by atoms with Gasteiger partial charge >= 0.3 is 0 Å². The van der Waals surface area contributed by atoms with Gasteiger partial charge in [-0.05, 0) is 66.9 Å². The van der Waals surface area contributed by atoms with Gasteiger partial charge in [-0.15, -0.1) is 0 Å². The Balaban J connectivity index is 1.64. The quantitative estimate of drug-likeness (QED) is 0.260. The first kappa shape index (κ1) is 27.7. The number of rotatable bonds is 11. The second kappa shape index (κ2) is 13.4. The highest BCUT2D eigenvalue weighted by Gasteiger charge is 2.24. The van der Waals surface area contributed by atoms with Crippen molar-refractivity contribution in [1.82, 2.24) is 10.7 Å². The number of hydrazone groups is 1. The molecule has 7 nitrogen and oxygen atoms in total. The number of carbonyl (C=O) groups is 2. The van der Waals surface area contributed by atoms with Gasteiger partial charge < -0.3 is 14.8 Å². The Kier molecular flexibility index (Phi) is 10.0. The van der Waals surface area contributed by atoms with E-state index < -0.39 is 23.7 Å². The summed E-state index contributed by atoms with van der Waals surface area (Å²) in [5.41, 5.74) is 4.24. The summed E-state index contributed by atoms with van der Waals surface area (Å²) in [7, 11) is 0. The number of nitrogens with zero attached hydrogens (tertiary/aromatic N) is 1. The minimum Gasteiger partial charge on any atom is -0.490 e. The fourth-order valence-corrected chi connectivity index (χ4v) is 3.55. The van der Waals surface area contributed by atoms with Gasteiger partial charge in [0.05, 0.1) is 12.8 Å². The van der Waals surface area contributed by atoms with Gasteiger partial charge in [-0.3, -0.25) is 9.59 Å². The zero-order valence-electron chi connectivity index (χ0n) is 20.8. The van der Waals surface area contributed by atoms with E-state index >= 15 is 0 Å². The highest BCUT2D eigenvalue weighted by molar-refractivity contribution is 6.31. The first-order valence-corrected chi connectivity index (χ1v) is 12.2. The third-order valence-corrected chi connectivity index (χ3v) is 5.71. The lowest BCUT2D eigenvalue weighted by Crippen LogP contribution is -2.48. The predicted octanol–water partition coefficient (Wildman–Crippen LogP) is 5.36. The zero-order chi connectivity index (χ0) is 26.8. The van der Waals surface area contributed by atoms with E-state index in [-0.39, 0.29) is 18.1 Å². The average molecular weight is 526 g/mol. The molecule has 0 aliphatic heterocycles. The van der Waals surface area contributed by atoms with Gasteiger partial charge in [0, 0.05) is 16.1 Å². The number of nitrogens with one attached hydrogen (secondary N) is 2. The maximum Gasteiger partial charge on any atom is 0.262 e. The van der Waals surface area contributed by atoms with E-state index in [1.165, 1.54) is 30.5 Å². The van der Waals surface area contributed by atoms with E-state index in [0.717, 1.165) is 5.56 Å². The van der Waals surface area contributed by atoms with Crippen molar-refractivity contribution in [3.8, 4) is 11.5 Å². The van der Waals surface area contributed by atoms with Crippen LogP contribution >= 0.6 is 11.6 Å². The third kappa shape index (κ3) is 8.05. The number of amides is 2. The van der Waals surface area contributed by atoms with Gasteiger partial charge in [0.2, 0.25) is 0 Å². The van der Waals surface area contributed by atoms with Crippen LogP contribution in [-0.4, -0.2) is 30.7 Å². The molecule has 0 bridgehead atoms. The minimum absolute atomic E-state index is 0.210.